The standard InChI is InChI=1S/C20H21FN6O3/c1-12(2)25(4)18-9-8-14(10-17(18)21)22-20(28)19-13(3)26(24-23-19)15-6-5-7-16(11-15)27(29)30/h5-12H,1-4H3,(H,22,28). The molecule has 30 heavy (non-hydrogen) atoms. The van der Waals surface area contributed by atoms with Crippen molar-refractivity contribution in [3.63, 3.8) is 0 Å². The average Bonchev–Trinajstić information content (AvgIpc) is 3.09. The van der Waals surface area contributed by atoms with Crippen molar-refractivity contribution in [2.45, 2.75) is 26.8 Å². The van der Waals surface area contributed by atoms with Crippen molar-refractivity contribution >= 4 is 23.0 Å². The number of amides is 1. The number of carbonyl (C=O) groups is 1. The van der Waals surface area contributed by atoms with Crippen LogP contribution in [0, 0.1) is 22.9 Å². The van der Waals surface area contributed by atoms with Gasteiger partial charge in [0, 0.05) is 30.9 Å². The van der Waals surface area contributed by atoms with Crippen LogP contribution in [0.15, 0.2) is 42.5 Å². The fraction of sp³-hybridized carbons (Fsp3) is 0.250. The van der Waals surface area contributed by atoms with Crippen LogP contribution in [0.5, 0.6) is 0 Å². The molecule has 0 aliphatic heterocycles. The summed E-state index contributed by atoms with van der Waals surface area (Å²) in [5.41, 5.74) is 1.43. The lowest BCUT2D eigenvalue weighted by Crippen LogP contribution is -2.26. The van der Waals surface area contributed by atoms with Gasteiger partial charge < -0.3 is 10.2 Å². The number of hydrogen-bond donors (Lipinski definition) is 1. The first kappa shape index (κ1) is 20.9. The van der Waals surface area contributed by atoms with Crippen LogP contribution in [0.3, 0.4) is 0 Å². The van der Waals surface area contributed by atoms with E-state index < -0.39 is 16.6 Å². The van der Waals surface area contributed by atoms with Gasteiger partial charge in [-0.05, 0) is 45.0 Å². The number of carbonyl (C=O) groups excluding carboxylic acids is 1. The highest BCUT2D eigenvalue weighted by molar-refractivity contribution is 6.03. The Kier molecular flexibility index (Phi) is 5.77. The normalized spacial score (nSPS) is 10.9. The summed E-state index contributed by atoms with van der Waals surface area (Å²) in [5.74, 6) is -1.02. The van der Waals surface area contributed by atoms with E-state index in [4.69, 9.17) is 0 Å². The maximum absolute atomic E-state index is 14.4. The van der Waals surface area contributed by atoms with Gasteiger partial charge in [-0.15, -0.1) is 5.10 Å². The summed E-state index contributed by atoms with van der Waals surface area (Å²) in [6, 6.07) is 10.4. The van der Waals surface area contributed by atoms with Gasteiger partial charge in [-0.3, -0.25) is 14.9 Å². The van der Waals surface area contributed by atoms with E-state index in [1.807, 2.05) is 13.8 Å². The fourth-order valence-corrected chi connectivity index (χ4v) is 2.86. The van der Waals surface area contributed by atoms with Gasteiger partial charge >= 0.3 is 0 Å². The van der Waals surface area contributed by atoms with E-state index in [1.165, 1.54) is 28.9 Å². The van der Waals surface area contributed by atoms with Crippen LogP contribution in [0.4, 0.5) is 21.5 Å². The second-order valence-corrected chi connectivity index (χ2v) is 7.04. The third-order valence-corrected chi connectivity index (χ3v) is 4.75. The lowest BCUT2D eigenvalue weighted by molar-refractivity contribution is -0.384. The molecule has 2 aromatic carbocycles. The van der Waals surface area contributed by atoms with Gasteiger partial charge in [-0.1, -0.05) is 11.3 Å². The zero-order valence-corrected chi connectivity index (χ0v) is 17.0. The number of nitrogens with one attached hydrogen (secondary N) is 1. The van der Waals surface area contributed by atoms with Crippen molar-refractivity contribution in [1.82, 2.24) is 15.0 Å². The summed E-state index contributed by atoms with van der Waals surface area (Å²) in [5, 5.41) is 21.4. The molecule has 0 bridgehead atoms. The Hall–Kier alpha value is -3.82. The Morgan fingerprint density at radius 2 is 2.00 bits per heavy atom. The van der Waals surface area contributed by atoms with Gasteiger partial charge in [-0.2, -0.15) is 0 Å². The second-order valence-electron chi connectivity index (χ2n) is 7.04. The number of non-ortho nitro benzene ring substituents is 1. The van der Waals surface area contributed by atoms with Crippen molar-refractivity contribution in [3.05, 3.63) is 69.8 Å². The van der Waals surface area contributed by atoms with Crippen molar-refractivity contribution in [1.29, 1.82) is 0 Å². The minimum absolute atomic E-state index is 0.0327. The summed E-state index contributed by atoms with van der Waals surface area (Å²) in [6.07, 6.45) is 0. The predicted molar refractivity (Wildman–Crippen MR) is 111 cm³/mol. The molecule has 1 heterocycles. The SMILES string of the molecule is Cc1c(C(=O)Nc2ccc(N(C)C(C)C)c(F)c2)nnn1-c1cccc([N+](=O)[O-])c1. The number of hydrogen-bond acceptors (Lipinski definition) is 6. The van der Waals surface area contributed by atoms with Crippen LogP contribution < -0.4 is 10.2 Å². The van der Waals surface area contributed by atoms with Crippen LogP contribution in [-0.2, 0) is 0 Å². The van der Waals surface area contributed by atoms with Gasteiger partial charge in [0.2, 0.25) is 0 Å². The van der Waals surface area contributed by atoms with Gasteiger partial charge in [-0.25, -0.2) is 9.07 Å². The van der Waals surface area contributed by atoms with Crippen molar-refractivity contribution in [3.8, 4) is 5.69 Å². The lowest BCUT2D eigenvalue weighted by atomic mass is 10.2. The molecule has 0 atom stereocenters. The summed E-state index contributed by atoms with van der Waals surface area (Å²) < 4.78 is 15.8. The molecule has 0 saturated carbocycles. The van der Waals surface area contributed by atoms with Gasteiger partial charge in [0.15, 0.2) is 5.69 Å². The van der Waals surface area contributed by atoms with E-state index in [0.29, 0.717) is 17.1 Å². The minimum atomic E-state index is -0.562. The van der Waals surface area contributed by atoms with E-state index in [1.54, 1.807) is 37.1 Å². The topological polar surface area (TPSA) is 106 Å². The zero-order chi connectivity index (χ0) is 22.0. The molecule has 1 aromatic heterocycles. The molecule has 0 spiro atoms. The van der Waals surface area contributed by atoms with Crippen LogP contribution >= 0.6 is 0 Å². The van der Waals surface area contributed by atoms with Crippen molar-refractivity contribution < 1.29 is 14.1 Å². The number of nitrogens with zero attached hydrogens (tertiary/aromatic N) is 5. The minimum Gasteiger partial charge on any atom is -0.370 e. The zero-order valence-electron chi connectivity index (χ0n) is 17.0. The number of benzene rings is 2. The van der Waals surface area contributed by atoms with Crippen LogP contribution in [0.1, 0.15) is 30.0 Å². The third kappa shape index (κ3) is 4.12. The Morgan fingerprint density at radius 1 is 1.27 bits per heavy atom. The van der Waals surface area contributed by atoms with Gasteiger partial charge in [0.1, 0.15) is 5.82 Å². The van der Waals surface area contributed by atoms with E-state index in [-0.39, 0.29) is 23.1 Å². The molecular formula is C20H21FN6O3. The Morgan fingerprint density at radius 3 is 2.63 bits per heavy atom. The van der Waals surface area contributed by atoms with Gasteiger partial charge in [0.05, 0.1) is 22.0 Å². The molecule has 3 aromatic rings. The molecule has 0 saturated heterocycles. The molecule has 1 amide bonds. The molecule has 0 radical (unpaired) electrons. The maximum atomic E-state index is 14.4. The number of nitro benzene ring substituents is 1. The molecule has 9 nitrogen and oxygen atoms in total. The largest absolute Gasteiger partial charge is 0.370 e. The third-order valence-electron chi connectivity index (χ3n) is 4.75. The molecule has 0 fully saturated rings. The monoisotopic (exact) mass is 412 g/mol. The molecular weight excluding hydrogens is 391 g/mol. The summed E-state index contributed by atoms with van der Waals surface area (Å²) in [7, 11) is 1.79. The van der Waals surface area contributed by atoms with Gasteiger partial charge in [0.25, 0.3) is 11.6 Å². The number of nitro groups is 1. The smallest absolute Gasteiger partial charge is 0.278 e. The molecule has 10 heteroatoms. The maximum Gasteiger partial charge on any atom is 0.278 e. The fourth-order valence-electron chi connectivity index (χ4n) is 2.86. The summed E-state index contributed by atoms with van der Waals surface area (Å²) in [4.78, 5) is 24.9. The summed E-state index contributed by atoms with van der Waals surface area (Å²) >= 11 is 0. The number of anilines is 2. The first-order valence-electron chi connectivity index (χ1n) is 9.20. The highest BCUT2D eigenvalue weighted by Gasteiger charge is 2.19. The molecule has 0 unspecified atom stereocenters. The molecule has 3 rings (SSSR count). The highest BCUT2D eigenvalue weighted by Crippen LogP contribution is 2.24. The number of aromatic nitrogens is 3. The first-order valence-corrected chi connectivity index (χ1v) is 9.20. The van der Waals surface area contributed by atoms with Crippen molar-refractivity contribution in [2.24, 2.45) is 0 Å². The van der Waals surface area contributed by atoms with Crippen LogP contribution in [0.2, 0.25) is 0 Å². The number of halogens is 1. The molecule has 1 N–H and O–H groups in total. The lowest BCUT2D eigenvalue weighted by Gasteiger charge is -2.24. The van der Waals surface area contributed by atoms with Crippen LogP contribution in [-0.4, -0.2) is 38.9 Å². The quantitative estimate of drug-likeness (QED) is 0.489. The average molecular weight is 412 g/mol. The molecule has 0 aliphatic rings. The second kappa shape index (κ2) is 8.27. The Labute approximate surface area is 172 Å². The first-order chi connectivity index (χ1) is 14.2. The Bertz CT molecular complexity index is 1110. The van der Waals surface area contributed by atoms with Crippen molar-refractivity contribution in [2.75, 3.05) is 17.3 Å². The van der Waals surface area contributed by atoms with E-state index in [2.05, 4.69) is 15.6 Å². The van der Waals surface area contributed by atoms with Crippen LogP contribution in [0.25, 0.3) is 5.69 Å². The highest BCUT2D eigenvalue weighted by atomic mass is 19.1. The number of rotatable bonds is 6. The molecule has 156 valence electrons. The van der Waals surface area contributed by atoms with E-state index >= 15 is 0 Å². The molecule has 0 aliphatic carbocycles. The van der Waals surface area contributed by atoms with E-state index in [0.717, 1.165) is 0 Å². The predicted octanol–water partition coefficient (Wildman–Crippen LogP) is 3.72. The van der Waals surface area contributed by atoms with E-state index in [9.17, 15) is 19.3 Å². The summed E-state index contributed by atoms with van der Waals surface area (Å²) in [6.45, 7) is 5.51. The Balaban J connectivity index is 1.83.